The van der Waals surface area contributed by atoms with Crippen LogP contribution in [0, 0.1) is 11.7 Å². The van der Waals surface area contributed by atoms with Gasteiger partial charge in [-0.05, 0) is 67.6 Å². The molecule has 3 N–H and O–H groups in total. The maximum Gasteiger partial charge on any atom is 0.326 e. The number of fused-ring (bicyclic) bond motifs is 1. The number of para-hydroxylation sites is 1. The van der Waals surface area contributed by atoms with Gasteiger partial charge in [0.05, 0.1) is 29.8 Å². The van der Waals surface area contributed by atoms with Crippen LogP contribution in [0.3, 0.4) is 0 Å². The predicted octanol–water partition coefficient (Wildman–Crippen LogP) is 4.11. The molecule has 0 spiro atoms. The van der Waals surface area contributed by atoms with E-state index in [0.717, 1.165) is 24.3 Å². The van der Waals surface area contributed by atoms with Crippen LogP contribution < -0.4 is 19.5 Å². The normalized spacial score (nSPS) is 17.3. The van der Waals surface area contributed by atoms with Crippen molar-refractivity contribution >= 4 is 39.3 Å². The van der Waals surface area contributed by atoms with E-state index in [1.54, 1.807) is 38.2 Å². The van der Waals surface area contributed by atoms with E-state index >= 15 is 0 Å². The monoisotopic (exact) mass is 628 g/mol. The van der Waals surface area contributed by atoms with E-state index in [4.69, 9.17) is 9.47 Å². The van der Waals surface area contributed by atoms with E-state index in [0.29, 0.717) is 11.4 Å². The lowest BCUT2D eigenvalue weighted by molar-refractivity contribution is -0.142. The molecule has 3 amide bonds. The Morgan fingerprint density at radius 3 is 2.41 bits per heavy atom. The maximum atomic E-state index is 13.7. The van der Waals surface area contributed by atoms with Crippen LogP contribution in [0.1, 0.15) is 24.2 Å². The zero-order valence-corrected chi connectivity index (χ0v) is 25.3. The van der Waals surface area contributed by atoms with Crippen LogP contribution in [0.15, 0.2) is 71.6 Å². The average molecular weight is 629 g/mol. The van der Waals surface area contributed by atoms with Crippen molar-refractivity contribution in [2.24, 2.45) is 5.92 Å². The SMILES string of the molecule is COc1ccc(NC(=O)N(C)C[C@H]2Oc3c(NS(=O)(=O)c4ccc(F)cc4)cccc3C(=O)N([C@@H](C)C(=O)O)C[C@H]2C)cc1. The van der Waals surface area contributed by atoms with Gasteiger partial charge in [-0.2, -0.15) is 0 Å². The molecule has 3 atom stereocenters. The average Bonchev–Trinajstić information content (AvgIpc) is 2.99. The topological polar surface area (TPSA) is 155 Å². The fraction of sp³-hybridized carbons (Fsp3) is 0.300. The molecule has 0 saturated carbocycles. The second-order valence-electron chi connectivity index (χ2n) is 10.4. The van der Waals surface area contributed by atoms with Gasteiger partial charge < -0.3 is 29.7 Å². The lowest BCUT2D eigenvalue weighted by atomic mass is 9.99. The summed E-state index contributed by atoms with van der Waals surface area (Å²) in [4.78, 5) is 41.0. The number of carbonyl (C=O) groups is 3. The predicted molar refractivity (Wildman–Crippen MR) is 160 cm³/mol. The van der Waals surface area contributed by atoms with Crippen molar-refractivity contribution < 1.29 is 41.8 Å². The standard InChI is InChI=1S/C30H33FN4O8S/c1-18-16-35(19(2)29(37)38)28(36)24-6-5-7-25(33-44(40,41)23-14-8-20(31)9-15-23)27(24)43-26(18)17-34(3)30(39)32-21-10-12-22(42-4)13-11-21/h5-15,18-19,26,33H,16-17H2,1-4H3,(H,32,39)(H,37,38)/t18-,19+,26-/m1/s1. The first-order valence-corrected chi connectivity index (χ1v) is 15.1. The van der Waals surface area contributed by atoms with Crippen molar-refractivity contribution in [2.45, 2.75) is 30.9 Å². The summed E-state index contributed by atoms with van der Waals surface area (Å²) in [6.07, 6.45) is -0.812. The molecule has 3 aromatic rings. The van der Waals surface area contributed by atoms with Crippen LogP contribution in [-0.2, 0) is 14.8 Å². The number of amides is 3. The summed E-state index contributed by atoms with van der Waals surface area (Å²) in [7, 11) is -1.18. The van der Waals surface area contributed by atoms with E-state index < -0.39 is 51.8 Å². The van der Waals surface area contributed by atoms with Crippen molar-refractivity contribution in [3.63, 3.8) is 0 Å². The lowest BCUT2D eigenvalue weighted by Crippen LogP contribution is -2.51. The smallest absolute Gasteiger partial charge is 0.326 e. The number of aliphatic carboxylic acids is 1. The summed E-state index contributed by atoms with van der Waals surface area (Å²) >= 11 is 0. The number of carboxylic acids is 1. The number of ether oxygens (including phenoxy) is 2. The largest absolute Gasteiger partial charge is 0.497 e. The number of rotatable bonds is 9. The van der Waals surface area contributed by atoms with Gasteiger partial charge in [0, 0.05) is 25.2 Å². The van der Waals surface area contributed by atoms with Crippen molar-refractivity contribution in [2.75, 3.05) is 37.3 Å². The third kappa shape index (κ3) is 7.19. The third-order valence-corrected chi connectivity index (χ3v) is 8.61. The highest BCUT2D eigenvalue weighted by Gasteiger charge is 2.37. The zero-order chi connectivity index (χ0) is 32.2. The summed E-state index contributed by atoms with van der Waals surface area (Å²) in [5.41, 5.74) is 0.358. The highest BCUT2D eigenvalue weighted by Crippen LogP contribution is 2.36. The number of anilines is 2. The number of carbonyl (C=O) groups excluding carboxylic acids is 2. The molecule has 0 unspecified atom stereocenters. The van der Waals surface area contributed by atoms with Crippen molar-refractivity contribution in [3.8, 4) is 11.5 Å². The van der Waals surface area contributed by atoms with Crippen LogP contribution in [0.5, 0.6) is 11.5 Å². The zero-order valence-electron chi connectivity index (χ0n) is 24.5. The minimum absolute atomic E-state index is 0.00881. The number of sulfonamides is 1. The Balaban J connectivity index is 1.68. The number of likely N-dealkylation sites (N-methyl/N-ethyl adjacent to an activating group) is 1. The molecule has 44 heavy (non-hydrogen) atoms. The molecule has 0 aliphatic carbocycles. The van der Waals surface area contributed by atoms with Gasteiger partial charge in [-0.25, -0.2) is 22.4 Å². The van der Waals surface area contributed by atoms with Gasteiger partial charge in [0.25, 0.3) is 15.9 Å². The number of hydrogen-bond acceptors (Lipinski definition) is 7. The summed E-state index contributed by atoms with van der Waals surface area (Å²) in [6.45, 7) is 3.09. The Morgan fingerprint density at radius 1 is 1.14 bits per heavy atom. The van der Waals surface area contributed by atoms with Crippen LogP contribution in [-0.4, -0.2) is 80.6 Å². The van der Waals surface area contributed by atoms with E-state index in [-0.39, 0.29) is 35.0 Å². The number of benzene rings is 3. The fourth-order valence-electron chi connectivity index (χ4n) is 4.59. The number of halogens is 1. The maximum absolute atomic E-state index is 13.7. The van der Waals surface area contributed by atoms with Gasteiger partial charge in [0.1, 0.15) is 23.7 Å². The first-order valence-electron chi connectivity index (χ1n) is 13.6. The number of carboxylic acid groups (broad SMARTS) is 1. The van der Waals surface area contributed by atoms with Crippen LogP contribution in [0.2, 0.25) is 0 Å². The molecule has 4 rings (SSSR count). The molecule has 0 saturated heterocycles. The molecule has 14 heteroatoms. The molecule has 3 aromatic carbocycles. The number of nitrogens with zero attached hydrogens (tertiary/aromatic N) is 2. The Hall–Kier alpha value is -4.85. The van der Waals surface area contributed by atoms with Crippen LogP contribution >= 0.6 is 0 Å². The van der Waals surface area contributed by atoms with Gasteiger partial charge in [0.2, 0.25) is 0 Å². The molecule has 234 valence electrons. The van der Waals surface area contributed by atoms with Crippen molar-refractivity contribution in [1.82, 2.24) is 9.80 Å². The first kappa shape index (κ1) is 32.1. The number of urea groups is 1. The number of nitrogens with one attached hydrogen (secondary N) is 2. The van der Waals surface area contributed by atoms with E-state index in [2.05, 4.69) is 10.0 Å². The quantitative estimate of drug-likeness (QED) is 0.320. The highest BCUT2D eigenvalue weighted by atomic mass is 32.2. The van der Waals surface area contributed by atoms with Gasteiger partial charge in [0.15, 0.2) is 5.75 Å². The van der Waals surface area contributed by atoms with Crippen LogP contribution in [0.4, 0.5) is 20.6 Å². The van der Waals surface area contributed by atoms with E-state index in [1.807, 2.05) is 0 Å². The van der Waals surface area contributed by atoms with Gasteiger partial charge in [-0.3, -0.25) is 9.52 Å². The molecule has 0 aromatic heterocycles. The molecule has 1 heterocycles. The van der Waals surface area contributed by atoms with E-state index in [9.17, 15) is 32.3 Å². The second kappa shape index (κ2) is 13.2. The fourth-order valence-corrected chi connectivity index (χ4v) is 5.66. The summed E-state index contributed by atoms with van der Waals surface area (Å²) < 4.78 is 53.7. The first-order chi connectivity index (χ1) is 20.8. The molecule has 0 radical (unpaired) electrons. The highest BCUT2D eigenvalue weighted by molar-refractivity contribution is 7.92. The number of hydrogen-bond donors (Lipinski definition) is 3. The minimum atomic E-state index is -4.25. The molecule has 0 bridgehead atoms. The number of methoxy groups -OCH3 is 1. The Morgan fingerprint density at radius 2 is 1.80 bits per heavy atom. The minimum Gasteiger partial charge on any atom is -0.497 e. The Bertz CT molecular complexity index is 1630. The van der Waals surface area contributed by atoms with Gasteiger partial charge in [-0.15, -0.1) is 0 Å². The third-order valence-electron chi connectivity index (χ3n) is 7.23. The summed E-state index contributed by atoms with van der Waals surface area (Å²) in [5.74, 6) is -2.54. The Labute approximate surface area is 254 Å². The summed E-state index contributed by atoms with van der Waals surface area (Å²) in [6, 6.07) is 13.5. The summed E-state index contributed by atoms with van der Waals surface area (Å²) in [5, 5.41) is 12.5. The molecule has 1 aliphatic heterocycles. The van der Waals surface area contributed by atoms with Crippen molar-refractivity contribution in [3.05, 3.63) is 78.1 Å². The lowest BCUT2D eigenvalue weighted by Gasteiger charge is -2.38. The second-order valence-corrected chi connectivity index (χ2v) is 12.1. The van der Waals surface area contributed by atoms with E-state index in [1.165, 1.54) is 42.0 Å². The van der Waals surface area contributed by atoms with Crippen LogP contribution in [0.25, 0.3) is 0 Å². The molecular weight excluding hydrogens is 595 g/mol. The van der Waals surface area contributed by atoms with Crippen molar-refractivity contribution in [1.29, 1.82) is 0 Å². The molecule has 12 nitrogen and oxygen atoms in total. The van der Waals surface area contributed by atoms with Gasteiger partial charge >= 0.3 is 12.0 Å². The molecule has 1 aliphatic rings. The Kier molecular flexibility index (Phi) is 9.62. The van der Waals surface area contributed by atoms with Gasteiger partial charge in [-0.1, -0.05) is 13.0 Å². The molecule has 0 fully saturated rings. The molecular formula is C30H33FN4O8S.